The summed E-state index contributed by atoms with van der Waals surface area (Å²) in [5, 5.41) is 91.3. The number of rotatable bonds is 6. The van der Waals surface area contributed by atoms with Crippen LogP contribution in [0.3, 0.4) is 0 Å². The van der Waals surface area contributed by atoms with Crippen molar-refractivity contribution in [3.63, 3.8) is 0 Å². The van der Waals surface area contributed by atoms with Crippen LogP contribution in [-0.4, -0.2) is 80.9 Å². The Morgan fingerprint density at radius 1 is 0.297 bits per heavy atom. The van der Waals surface area contributed by atoms with Crippen LogP contribution in [0.5, 0.6) is 28.7 Å². The minimum Gasteiger partial charge on any atom is -0.508 e. The van der Waals surface area contributed by atoms with Gasteiger partial charge in [-0.25, -0.2) is 24.0 Å². The van der Waals surface area contributed by atoms with Crippen molar-refractivity contribution in [3.05, 3.63) is 198 Å². The van der Waals surface area contributed by atoms with E-state index in [-0.39, 0.29) is 56.6 Å². The number of phenolic OH excluding ortho intramolecular Hbond substituents is 5. The topological polar surface area (TPSA) is 288 Å². The van der Waals surface area contributed by atoms with Crippen molar-refractivity contribution in [1.29, 1.82) is 0 Å². The SMILES string of the molecule is O=C(O)c1ccc(-c2ccc(O)cc2)cc1.O=C(O)c1ccc(O)cc1.O=C(O)c1ccc2cc(O)ccc2c1.O=C(O)c1cccc(O)c1.O=C(O)c1cccc2c(O)cccc12. The highest BCUT2D eigenvalue weighted by atomic mass is 16.4. The normalized spacial score (nSPS) is 9.88. The first-order valence-corrected chi connectivity index (χ1v) is 18.5. The molecule has 0 aliphatic rings. The highest BCUT2D eigenvalue weighted by molar-refractivity contribution is 6.05. The molecule has 0 atom stereocenters. The van der Waals surface area contributed by atoms with E-state index >= 15 is 0 Å². The molecule has 8 aromatic carbocycles. The third-order valence-corrected chi connectivity index (χ3v) is 8.74. The maximum atomic E-state index is 10.8. The summed E-state index contributed by atoms with van der Waals surface area (Å²) in [5.41, 5.74) is 2.86. The maximum absolute atomic E-state index is 10.8. The predicted molar refractivity (Wildman–Crippen MR) is 236 cm³/mol. The van der Waals surface area contributed by atoms with Gasteiger partial charge in [0.1, 0.15) is 28.7 Å². The van der Waals surface area contributed by atoms with Crippen LogP contribution in [-0.2, 0) is 0 Å². The Morgan fingerprint density at radius 2 is 0.688 bits per heavy atom. The van der Waals surface area contributed by atoms with E-state index in [9.17, 15) is 34.2 Å². The zero-order valence-electron chi connectivity index (χ0n) is 33.2. The fourth-order valence-electron chi connectivity index (χ4n) is 5.55. The molecule has 0 aliphatic carbocycles. The molecule has 0 unspecified atom stereocenters. The Hall–Kier alpha value is -9.37. The summed E-state index contributed by atoms with van der Waals surface area (Å²) in [6, 6.07) is 43.5. The molecular weight excluding hydrogens is 829 g/mol. The van der Waals surface area contributed by atoms with Gasteiger partial charge >= 0.3 is 29.8 Å². The maximum Gasteiger partial charge on any atom is 0.336 e. The van der Waals surface area contributed by atoms with Crippen molar-refractivity contribution in [3.8, 4) is 39.9 Å². The Balaban J connectivity index is 0.000000177. The molecule has 0 fully saturated rings. The lowest BCUT2D eigenvalue weighted by Gasteiger charge is -2.03. The molecule has 15 nitrogen and oxygen atoms in total. The number of hydrogen-bond donors (Lipinski definition) is 10. The van der Waals surface area contributed by atoms with Gasteiger partial charge in [-0.2, -0.15) is 0 Å². The molecule has 324 valence electrons. The minimum atomic E-state index is -1.03. The second kappa shape index (κ2) is 22.3. The summed E-state index contributed by atoms with van der Waals surface area (Å²) in [4.78, 5) is 52.6. The highest BCUT2D eigenvalue weighted by Gasteiger charge is 2.09. The van der Waals surface area contributed by atoms with Gasteiger partial charge in [-0.15, -0.1) is 0 Å². The van der Waals surface area contributed by atoms with Crippen LogP contribution < -0.4 is 0 Å². The van der Waals surface area contributed by atoms with Gasteiger partial charge in [0.2, 0.25) is 0 Å². The lowest BCUT2D eigenvalue weighted by Crippen LogP contribution is -1.96. The van der Waals surface area contributed by atoms with Crippen LogP contribution in [0.1, 0.15) is 51.8 Å². The number of benzene rings is 8. The third kappa shape index (κ3) is 13.9. The largest absolute Gasteiger partial charge is 0.508 e. The molecule has 0 saturated carbocycles. The summed E-state index contributed by atoms with van der Waals surface area (Å²) in [6.07, 6.45) is 0. The standard InChI is InChI=1S/C13H10O3.2C11H8O3.2C7H6O3/c14-12-7-5-10(6-8-12)9-1-3-11(4-2-9)13(15)16;12-10-6-2-3-7-8(10)4-1-5-9(7)11(13)14;12-10-4-3-7-5-9(11(13)14)2-1-8(7)6-10;8-6-3-1-5(2-4-6)7(9)10;8-6-3-1-2-5(4-6)7(9)10/h1-8,14H,(H,15,16);2*1-6,12H,(H,13,14);2*1-4,8H,(H,9,10). The molecule has 8 aromatic rings. The van der Waals surface area contributed by atoms with Gasteiger partial charge in [-0.3, -0.25) is 0 Å². The molecule has 15 heteroatoms. The first-order chi connectivity index (χ1) is 30.4. The molecule has 0 saturated heterocycles. The van der Waals surface area contributed by atoms with E-state index in [0.29, 0.717) is 10.8 Å². The molecule has 0 bridgehead atoms. The number of carbonyl (C=O) groups is 5. The van der Waals surface area contributed by atoms with Gasteiger partial charge in [-0.1, -0.05) is 66.7 Å². The van der Waals surface area contributed by atoms with Gasteiger partial charge in [0.25, 0.3) is 0 Å². The van der Waals surface area contributed by atoms with Gasteiger partial charge in [0.05, 0.1) is 27.8 Å². The predicted octanol–water partition coefficient (Wildman–Crippen LogP) is 9.43. The summed E-state index contributed by atoms with van der Waals surface area (Å²) in [5.74, 6) is -4.34. The lowest BCUT2D eigenvalue weighted by molar-refractivity contribution is 0.0686. The van der Waals surface area contributed by atoms with Gasteiger partial charge < -0.3 is 51.1 Å². The highest BCUT2D eigenvalue weighted by Crippen LogP contribution is 2.27. The number of fused-ring (bicyclic) bond motifs is 2. The second-order valence-electron chi connectivity index (χ2n) is 13.2. The van der Waals surface area contributed by atoms with Crippen LogP contribution >= 0.6 is 0 Å². The Kier molecular flexibility index (Phi) is 16.5. The first kappa shape index (κ1) is 47.3. The van der Waals surface area contributed by atoms with E-state index in [1.807, 2.05) is 0 Å². The van der Waals surface area contributed by atoms with Crippen LogP contribution in [0.15, 0.2) is 170 Å². The quantitative estimate of drug-likeness (QED) is 0.0744. The molecule has 0 amide bonds. The van der Waals surface area contributed by atoms with Gasteiger partial charge in [0.15, 0.2) is 0 Å². The van der Waals surface area contributed by atoms with E-state index in [1.54, 1.807) is 97.1 Å². The van der Waals surface area contributed by atoms with E-state index in [0.717, 1.165) is 21.9 Å². The summed E-state index contributed by atoms with van der Waals surface area (Å²) < 4.78 is 0. The zero-order chi connectivity index (χ0) is 46.9. The van der Waals surface area contributed by atoms with Crippen molar-refractivity contribution < 1.29 is 75.0 Å². The molecule has 0 heterocycles. The number of aromatic hydroxyl groups is 5. The third-order valence-electron chi connectivity index (χ3n) is 8.74. The fourth-order valence-corrected chi connectivity index (χ4v) is 5.55. The Labute approximate surface area is 363 Å². The second-order valence-corrected chi connectivity index (χ2v) is 13.2. The van der Waals surface area contributed by atoms with Crippen LogP contribution in [0.4, 0.5) is 0 Å². The van der Waals surface area contributed by atoms with E-state index in [4.69, 9.17) is 40.9 Å². The summed E-state index contributed by atoms with van der Waals surface area (Å²) >= 11 is 0. The summed E-state index contributed by atoms with van der Waals surface area (Å²) in [7, 11) is 0. The minimum absolute atomic E-state index is 0.0279. The zero-order valence-corrected chi connectivity index (χ0v) is 33.2. The van der Waals surface area contributed by atoms with Crippen molar-refractivity contribution in [1.82, 2.24) is 0 Å². The molecule has 0 spiro atoms. The molecule has 8 rings (SSSR count). The average Bonchev–Trinajstić information content (AvgIpc) is 3.27. The fraction of sp³-hybridized carbons (Fsp3) is 0. The van der Waals surface area contributed by atoms with Crippen LogP contribution in [0.25, 0.3) is 32.7 Å². The van der Waals surface area contributed by atoms with Crippen LogP contribution in [0, 0.1) is 0 Å². The van der Waals surface area contributed by atoms with Crippen molar-refractivity contribution in [2.24, 2.45) is 0 Å². The first-order valence-electron chi connectivity index (χ1n) is 18.5. The van der Waals surface area contributed by atoms with Crippen molar-refractivity contribution in [2.75, 3.05) is 0 Å². The van der Waals surface area contributed by atoms with E-state index < -0.39 is 29.8 Å². The Morgan fingerprint density at radius 3 is 1.20 bits per heavy atom. The number of carboxylic acid groups (broad SMARTS) is 5. The van der Waals surface area contributed by atoms with Gasteiger partial charge in [-0.05, 0) is 130 Å². The monoisotopic (exact) mass is 866 g/mol. The average molecular weight is 867 g/mol. The number of hydrogen-bond acceptors (Lipinski definition) is 10. The molecule has 0 radical (unpaired) electrons. The molecule has 64 heavy (non-hydrogen) atoms. The molecular formula is C49H38O15. The van der Waals surface area contributed by atoms with Crippen LogP contribution in [0.2, 0.25) is 0 Å². The van der Waals surface area contributed by atoms with Gasteiger partial charge in [0, 0.05) is 5.39 Å². The van der Waals surface area contributed by atoms with E-state index in [2.05, 4.69) is 0 Å². The number of carboxylic acids is 5. The van der Waals surface area contributed by atoms with Crippen molar-refractivity contribution in [2.45, 2.75) is 0 Å². The molecule has 10 N–H and O–H groups in total. The molecule has 0 aromatic heterocycles. The van der Waals surface area contributed by atoms with Crippen molar-refractivity contribution >= 4 is 51.4 Å². The number of phenols is 5. The van der Waals surface area contributed by atoms with E-state index in [1.165, 1.54) is 72.8 Å². The number of aromatic carboxylic acids is 5. The Bertz CT molecular complexity index is 2910. The molecule has 0 aliphatic heterocycles. The smallest absolute Gasteiger partial charge is 0.336 e. The lowest BCUT2D eigenvalue weighted by atomic mass is 10.0. The summed E-state index contributed by atoms with van der Waals surface area (Å²) in [6.45, 7) is 0.